The molecule has 8 heteroatoms. The molecule has 0 aliphatic heterocycles. The number of hydrogen-bond donors (Lipinski definition) is 1. The van der Waals surface area contributed by atoms with Crippen molar-refractivity contribution in [2.45, 2.75) is 31.7 Å². The van der Waals surface area contributed by atoms with E-state index in [4.69, 9.17) is 0 Å². The Labute approximate surface area is 168 Å². The molecule has 27 heavy (non-hydrogen) atoms. The molecular weight excluding hydrogens is 382 g/mol. The second-order valence-electron chi connectivity index (χ2n) is 6.38. The van der Waals surface area contributed by atoms with Gasteiger partial charge in [-0.1, -0.05) is 13.8 Å². The molecule has 0 spiro atoms. The number of thiazole rings is 1. The van der Waals surface area contributed by atoms with Gasteiger partial charge in [0.2, 0.25) is 0 Å². The topological polar surface area (TPSA) is 71.5 Å². The van der Waals surface area contributed by atoms with Crippen LogP contribution in [0.5, 0.6) is 0 Å². The number of anilines is 1. The zero-order chi connectivity index (χ0) is 19.8. The average Bonchev–Trinajstić information content (AvgIpc) is 3.13. The van der Waals surface area contributed by atoms with Crippen LogP contribution in [0.25, 0.3) is 0 Å². The number of ether oxygens (including phenoxy) is 1. The van der Waals surface area contributed by atoms with E-state index < -0.39 is 5.97 Å². The van der Waals surface area contributed by atoms with E-state index in [2.05, 4.69) is 28.9 Å². The molecule has 6 nitrogen and oxygen atoms in total. The highest BCUT2D eigenvalue weighted by Gasteiger charge is 2.18. The van der Waals surface area contributed by atoms with Gasteiger partial charge in [-0.25, -0.2) is 14.6 Å². The maximum Gasteiger partial charge on any atom is 0.357 e. The number of urea groups is 1. The third-order valence-corrected chi connectivity index (χ3v) is 5.45. The SMILES string of the molecule is COC(=O)c1csc(CN(CCC(C)C)C(=O)Nc2ccc(SC)cc2)n1. The van der Waals surface area contributed by atoms with Crippen LogP contribution in [0, 0.1) is 5.92 Å². The molecule has 2 amide bonds. The third kappa shape index (κ3) is 6.55. The van der Waals surface area contributed by atoms with Gasteiger partial charge in [0.05, 0.1) is 13.7 Å². The Bertz CT molecular complexity index is 760. The summed E-state index contributed by atoms with van der Waals surface area (Å²) < 4.78 is 4.69. The summed E-state index contributed by atoms with van der Waals surface area (Å²) in [5.41, 5.74) is 1.02. The Kier molecular flexibility index (Phi) is 8.12. The number of rotatable bonds is 8. The second-order valence-corrected chi connectivity index (χ2v) is 8.20. The van der Waals surface area contributed by atoms with E-state index in [0.717, 1.165) is 17.0 Å². The third-order valence-electron chi connectivity index (χ3n) is 3.88. The lowest BCUT2D eigenvalue weighted by molar-refractivity contribution is 0.0594. The molecule has 0 fully saturated rings. The molecular formula is C19H25N3O3S2. The zero-order valence-corrected chi connectivity index (χ0v) is 17.7. The Hall–Kier alpha value is -2.06. The Morgan fingerprint density at radius 1 is 1.30 bits per heavy atom. The number of methoxy groups -OCH3 is 1. The van der Waals surface area contributed by atoms with Gasteiger partial charge in [-0.15, -0.1) is 23.1 Å². The van der Waals surface area contributed by atoms with Gasteiger partial charge in [-0.2, -0.15) is 0 Å². The van der Waals surface area contributed by atoms with Crippen LogP contribution in [0.2, 0.25) is 0 Å². The molecule has 0 aliphatic carbocycles. The molecule has 1 aromatic heterocycles. The first kappa shape index (κ1) is 21.2. The molecule has 146 valence electrons. The average molecular weight is 408 g/mol. The van der Waals surface area contributed by atoms with Gasteiger partial charge in [-0.05, 0) is 42.9 Å². The van der Waals surface area contributed by atoms with Crippen molar-refractivity contribution in [1.82, 2.24) is 9.88 Å². The molecule has 0 radical (unpaired) electrons. The van der Waals surface area contributed by atoms with Gasteiger partial charge in [0, 0.05) is 22.5 Å². The molecule has 2 aromatic rings. The summed E-state index contributed by atoms with van der Waals surface area (Å²) in [5.74, 6) is 0.00709. The highest BCUT2D eigenvalue weighted by atomic mass is 32.2. The predicted octanol–water partition coefficient (Wildman–Crippen LogP) is 4.73. The maximum atomic E-state index is 12.8. The first-order chi connectivity index (χ1) is 12.9. The Balaban J connectivity index is 2.08. The predicted molar refractivity (Wildman–Crippen MR) is 111 cm³/mol. The minimum atomic E-state index is -0.468. The van der Waals surface area contributed by atoms with Gasteiger partial charge in [-0.3, -0.25) is 0 Å². The molecule has 1 aromatic carbocycles. The summed E-state index contributed by atoms with van der Waals surface area (Å²) in [7, 11) is 1.33. The number of thioether (sulfide) groups is 1. The number of nitrogens with one attached hydrogen (secondary N) is 1. The van der Waals surface area contributed by atoms with E-state index in [1.807, 2.05) is 30.5 Å². The minimum Gasteiger partial charge on any atom is -0.464 e. The van der Waals surface area contributed by atoms with Crippen LogP contribution in [-0.4, -0.2) is 41.8 Å². The van der Waals surface area contributed by atoms with Crippen LogP contribution in [-0.2, 0) is 11.3 Å². The summed E-state index contributed by atoms with van der Waals surface area (Å²) >= 11 is 3.00. The van der Waals surface area contributed by atoms with E-state index in [9.17, 15) is 9.59 Å². The van der Waals surface area contributed by atoms with Crippen molar-refractivity contribution in [3.05, 3.63) is 40.3 Å². The fraction of sp³-hybridized carbons (Fsp3) is 0.421. The first-order valence-electron chi connectivity index (χ1n) is 8.65. The van der Waals surface area contributed by atoms with Crippen molar-refractivity contribution in [3.8, 4) is 0 Å². The van der Waals surface area contributed by atoms with Gasteiger partial charge >= 0.3 is 12.0 Å². The summed E-state index contributed by atoms with van der Waals surface area (Å²) in [6.45, 7) is 5.20. The molecule has 0 unspecified atom stereocenters. The van der Waals surface area contributed by atoms with Crippen molar-refractivity contribution in [2.75, 3.05) is 25.2 Å². The zero-order valence-electron chi connectivity index (χ0n) is 16.0. The monoisotopic (exact) mass is 407 g/mol. The van der Waals surface area contributed by atoms with Crippen LogP contribution in [0.4, 0.5) is 10.5 Å². The van der Waals surface area contributed by atoms with E-state index in [0.29, 0.717) is 24.0 Å². The lowest BCUT2D eigenvalue weighted by Crippen LogP contribution is -2.35. The number of esters is 1. The standard InChI is InChI=1S/C19H25N3O3S2/c1-13(2)9-10-22(11-17-21-16(12-27-17)18(23)25-3)19(24)20-14-5-7-15(26-4)8-6-14/h5-8,12-13H,9-11H2,1-4H3,(H,20,24). The van der Waals surface area contributed by atoms with Crippen molar-refractivity contribution in [2.24, 2.45) is 5.92 Å². The number of nitrogens with zero attached hydrogens (tertiary/aromatic N) is 2. The number of aromatic nitrogens is 1. The van der Waals surface area contributed by atoms with Crippen molar-refractivity contribution in [1.29, 1.82) is 0 Å². The molecule has 1 N–H and O–H groups in total. The van der Waals surface area contributed by atoms with Crippen molar-refractivity contribution in [3.63, 3.8) is 0 Å². The Morgan fingerprint density at radius 2 is 2.00 bits per heavy atom. The smallest absolute Gasteiger partial charge is 0.357 e. The number of amides is 2. The van der Waals surface area contributed by atoms with Gasteiger partial charge in [0.15, 0.2) is 5.69 Å². The van der Waals surface area contributed by atoms with Crippen molar-refractivity contribution < 1.29 is 14.3 Å². The highest BCUT2D eigenvalue weighted by Crippen LogP contribution is 2.19. The highest BCUT2D eigenvalue weighted by molar-refractivity contribution is 7.98. The van der Waals surface area contributed by atoms with Gasteiger partial charge < -0.3 is 15.0 Å². The first-order valence-corrected chi connectivity index (χ1v) is 10.8. The second kappa shape index (κ2) is 10.3. The number of hydrogen-bond acceptors (Lipinski definition) is 6. The number of carbonyl (C=O) groups is 2. The summed E-state index contributed by atoms with van der Waals surface area (Å²) in [4.78, 5) is 31.5. The van der Waals surface area contributed by atoms with Crippen LogP contribution in [0.3, 0.4) is 0 Å². The van der Waals surface area contributed by atoms with E-state index >= 15 is 0 Å². The molecule has 0 saturated carbocycles. The van der Waals surface area contributed by atoms with Crippen LogP contribution in [0.15, 0.2) is 34.5 Å². The number of carbonyl (C=O) groups excluding carboxylic acids is 2. The van der Waals surface area contributed by atoms with Gasteiger partial charge in [0.25, 0.3) is 0 Å². The van der Waals surface area contributed by atoms with Crippen LogP contribution >= 0.6 is 23.1 Å². The fourth-order valence-corrected chi connectivity index (χ4v) is 3.47. The molecule has 1 heterocycles. The van der Waals surface area contributed by atoms with Gasteiger partial charge in [0.1, 0.15) is 5.01 Å². The largest absolute Gasteiger partial charge is 0.464 e. The molecule has 2 rings (SSSR count). The van der Waals surface area contributed by atoms with E-state index in [1.54, 1.807) is 22.0 Å². The van der Waals surface area contributed by atoms with Crippen LogP contribution in [0.1, 0.15) is 35.8 Å². The van der Waals surface area contributed by atoms with E-state index in [1.165, 1.54) is 18.4 Å². The van der Waals surface area contributed by atoms with Crippen LogP contribution < -0.4 is 5.32 Å². The molecule has 0 aliphatic rings. The minimum absolute atomic E-state index is 0.178. The molecule has 0 saturated heterocycles. The normalized spacial score (nSPS) is 10.7. The summed E-state index contributed by atoms with van der Waals surface area (Å²) in [5, 5.41) is 5.30. The molecule has 0 bridgehead atoms. The lowest BCUT2D eigenvalue weighted by Gasteiger charge is -2.23. The fourth-order valence-electron chi connectivity index (χ4n) is 2.29. The van der Waals surface area contributed by atoms with Crippen molar-refractivity contribution >= 4 is 40.8 Å². The summed E-state index contributed by atoms with van der Waals surface area (Å²) in [6.07, 6.45) is 2.89. The Morgan fingerprint density at radius 3 is 2.59 bits per heavy atom. The van der Waals surface area contributed by atoms with E-state index in [-0.39, 0.29) is 11.7 Å². The summed E-state index contributed by atoms with van der Waals surface area (Å²) in [6, 6.07) is 7.55. The maximum absolute atomic E-state index is 12.8. The lowest BCUT2D eigenvalue weighted by atomic mass is 10.1. The quantitative estimate of drug-likeness (QED) is 0.506. The molecule has 0 atom stereocenters. The number of benzene rings is 1.